The van der Waals surface area contributed by atoms with Crippen molar-refractivity contribution in [3.8, 4) is 0 Å². The minimum absolute atomic E-state index is 0.296. The van der Waals surface area contributed by atoms with E-state index < -0.39 is 53.3 Å². The molecule has 2 heterocycles. The van der Waals surface area contributed by atoms with Gasteiger partial charge in [-0.1, -0.05) is 45.7 Å². The highest BCUT2D eigenvalue weighted by Gasteiger charge is 2.57. The molecule has 0 aliphatic carbocycles. The first-order chi connectivity index (χ1) is 15.4. The van der Waals surface area contributed by atoms with E-state index in [-0.39, 0.29) is 6.61 Å². The lowest BCUT2D eigenvalue weighted by atomic mass is 9.67. The lowest BCUT2D eigenvalue weighted by Gasteiger charge is -2.52. The lowest BCUT2D eigenvalue weighted by molar-refractivity contribution is -0.305. The van der Waals surface area contributed by atoms with E-state index in [1.54, 1.807) is 18.2 Å². The van der Waals surface area contributed by atoms with Crippen LogP contribution >= 0.6 is 0 Å². The van der Waals surface area contributed by atoms with Crippen molar-refractivity contribution in [2.75, 3.05) is 6.61 Å². The average Bonchev–Trinajstić information content (AvgIpc) is 2.97. The molecule has 3 rings (SSSR count). The summed E-state index contributed by atoms with van der Waals surface area (Å²) < 4.78 is 12.5. The van der Waals surface area contributed by atoms with Crippen LogP contribution in [0.15, 0.2) is 18.2 Å². The molecule has 0 aromatic heterocycles. The number of aryl methyl sites for hydroxylation is 1. The standard InChI is InChI=1S/C26H39NO6/c1-8-12-25(4,5)19-18(14-28)32-24(33-26(6,7)9-2)20(21(19)29)27-22(30)16-11-10-15(3)13-17(16)23(27)31/h10-11,13,18-21,24,28-29H,8-9,12,14H2,1-7H3/t18?,19-,20?,21?,24+/m1/s1. The third-order valence-electron chi connectivity index (χ3n) is 7.34. The van der Waals surface area contributed by atoms with Crippen molar-refractivity contribution in [1.82, 2.24) is 4.90 Å². The molecular weight excluding hydrogens is 422 g/mol. The van der Waals surface area contributed by atoms with Crippen LogP contribution < -0.4 is 0 Å². The minimum atomic E-state index is -1.13. The molecule has 1 aromatic rings. The number of benzene rings is 1. The lowest BCUT2D eigenvalue weighted by Crippen LogP contribution is -2.66. The summed E-state index contributed by atoms with van der Waals surface area (Å²) in [5, 5.41) is 21.9. The quantitative estimate of drug-likeness (QED) is 0.573. The normalized spacial score (nSPS) is 28.4. The second kappa shape index (κ2) is 9.45. The highest BCUT2D eigenvalue weighted by Crippen LogP contribution is 2.45. The van der Waals surface area contributed by atoms with Crippen molar-refractivity contribution >= 4 is 11.8 Å². The van der Waals surface area contributed by atoms with Gasteiger partial charge in [0.15, 0.2) is 6.29 Å². The van der Waals surface area contributed by atoms with E-state index in [1.165, 1.54) is 0 Å². The number of rotatable bonds is 8. The highest BCUT2D eigenvalue weighted by molar-refractivity contribution is 6.21. The molecule has 1 fully saturated rings. The summed E-state index contributed by atoms with van der Waals surface area (Å²) >= 11 is 0. The van der Waals surface area contributed by atoms with Gasteiger partial charge < -0.3 is 19.7 Å². The van der Waals surface area contributed by atoms with Crippen LogP contribution in [-0.2, 0) is 9.47 Å². The van der Waals surface area contributed by atoms with Crippen molar-refractivity contribution in [3.05, 3.63) is 34.9 Å². The molecule has 2 amide bonds. The van der Waals surface area contributed by atoms with E-state index in [2.05, 4.69) is 6.92 Å². The number of hydrogen-bond acceptors (Lipinski definition) is 6. The number of carbonyl (C=O) groups excluding carboxylic acids is 2. The summed E-state index contributed by atoms with van der Waals surface area (Å²) in [5.41, 5.74) is 0.498. The van der Waals surface area contributed by atoms with Crippen LogP contribution in [0.25, 0.3) is 0 Å². The van der Waals surface area contributed by atoms with Crippen LogP contribution in [0.4, 0.5) is 0 Å². The Morgan fingerprint density at radius 1 is 1.09 bits per heavy atom. The van der Waals surface area contributed by atoms with E-state index in [4.69, 9.17) is 9.47 Å². The van der Waals surface area contributed by atoms with E-state index >= 15 is 0 Å². The maximum atomic E-state index is 13.5. The number of ether oxygens (including phenoxy) is 2. The Kier molecular flexibility index (Phi) is 7.39. The molecule has 33 heavy (non-hydrogen) atoms. The van der Waals surface area contributed by atoms with Crippen LogP contribution in [0, 0.1) is 18.3 Å². The second-order valence-corrected chi connectivity index (χ2v) is 10.7. The second-order valence-electron chi connectivity index (χ2n) is 10.7. The van der Waals surface area contributed by atoms with Gasteiger partial charge in [0, 0.05) is 5.92 Å². The Labute approximate surface area is 197 Å². The fourth-order valence-electron chi connectivity index (χ4n) is 5.28. The highest BCUT2D eigenvalue weighted by atomic mass is 16.7. The van der Waals surface area contributed by atoms with E-state index in [0.717, 1.165) is 23.3 Å². The van der Waals surface area contributed by atoms with Crippen LogP contribution in [0.1, 0.15) is 87.1 Å². The molecule has 0 radical (unpaired) electrons. The summed E-state index contributed by atoms with van der Waals surface area (Å²) in [5.74, 6) is -1.41. The zero-order valence-corrected chi connectivity index (χ0v) is 20.9. The van der Waals surface area contributed by atoms with Crippen molar-refractivity contribution < 1.29 is 29.3 Å². The fraction of sp³-hybridized carbons (Fsp3) is 0.692. The Hall–Kier alpha value is -1.80. The van der Waals surface area contributed by atoms with Gasteiger partial charge in [-0.3, -0.25) is 14.5 Å². The molecule has 0 spiro atoms. The van der Waals surface area contributed by atoms with Gasteiger partial charge in [-0.2, -0.15) is 0 Å². The monoisotopic (exact) mass is 461 g/mol. The number of amides is 2. The first-order valence-electron chi connectivity index (χ1n) is 12.0. The van der Waals surface area contributed by atoms with Gasteiger partial charge in [-0.05, 0) is 51.2 Å². The number of imide groups is 1. The molecule has 0 saturated carbocycles. The van der Waals surface area contributed by atoms with E-state index in [1.807, 2.05) is 41.5 Å². The molecule has 2 aliphatic heterocycles. The van der Waals surface area contributed by atoms with Gasteiger partial charge in [-0.25, -0.2) is 0 Å². The number of carbonyl (C=O) groups is 2. The third-order valence-corrected chi connectivity index (χ3v) is 7.34. The summed E-state index contributed by atoms with van der Waals surface area (Å²) in [6.45, 7) is 13.4. The van der Waals surface area contributed by atoms with Crippen LogP contribution in [0.5, 0.6) is 0 Å². The zero-order chi connectivity index (χ0) is 24.7. The fourth-order valence-corrected chi connectivity index (χ4v) is 5.28. The molecule has 5 atom stereocenters. The SMILES string of the molecule is CCCC(C)(C)[C@@H]1C(CO)O[C@@H](OC(C)(C)CC)C(N2C(=O)c3ccc(C)cc3C2=O)C1O. The Balaban J connectivity index is 2.09. The Bertz CT molecular complexity index is 895. The van der Waals surface area contributed by atoms with Crippen molar-refractivity contribution in [3.63, 3.8) is 0 Å². The molecule has 2 N–H and O–H groups in total. The van der Waals surface area contributed by atoms with Gasteiger partial charge >= 0.3 is 0 Å². The topological polar surface area (TPSA) is 96.3 Å². The molecule has 0 bridgehead atoms. The number of aliphatic hydroxyl groups is 2. The maximum Gasteiger partial charge on any atom is 0.262 e. The van der Waals surface area contributed by atoms with Crippen LogP contribution in [-0.4, -0.2) is 63.7 Å². The molecule has 3 unspecified atom stereocenters. The molecule has 1 saturated heterocycles. The molecule has 1 aromatic carbocycles. The first-order valence-corrected chi connectivity index (χ1v) is 12.0. The summed E-state index contributed by atoms with van der Waals surface area (Å²) in [6.07, 6.45) is -0.552. The Morgan fingerprint density at radius 2 is 1.73 bits per heavy atom. The summed E-state index contributed by atoms with van der Waals surface area (Å²) in [6, 6.07) is 4.12. The molecule has 7 nitrogen and oxygen atoms in total. The van der Waals surface area contributed by atoms with Gasteiger partial charge in [0.25, 0.3) is 11.8 Å². The maximum absolute atomic E-state index is 13.5. The third kappa shape index (κ3) is 4.74. The zero-order valence-electron chi connectivity index (χ0n) is 20.9. The van der Waals surface area contributed by atoms with Crippen LogP contribution in [0.3, 0.4) is 0 Å². The number of nitrogens with zero attached hydrogens (tertiary/aromatic N) is 1. The number of aliphatic hydroxyl groups excluding tert-OH is 2. The van der Waals surface area contributed by atoms with Gasteiger partial charge in [0.05, 0.1) is 35.5 Å². The van der Waals surface area contributed by atoms with Crippen molar-refractivity contribution in [2.45, 2.75) is 97.9 Å². The Morgan fingerprint density at radius 3 is 2.30 bits per heavy atom. The van der Waals surface area contributed by atoms with Crippen LogP contribution in [0.2, 0.25) is 0 Å². The number of fused-ring (bicyclic) bond motifs is 1. The van der Waals surface area contributed by atoms with Crippen molar-refractivity contribution in [1.29, 1.82) is 0 Å². The smallest absolute Gasteiger partial charge is 0.262 e. The van der Waals surface area contributed by atoms with E-state index in [9.17, 15) is 19.8 Å². The predicted octanol–water partition coefficient (Wildman–Crippen LogP) is 3.69. The van der Waals surface area contributed by atoms with E-state index in [0.29, 0.717) is 17.5 Å². The summed E-state index contributed by atoms with van der Waals surface area (Å²) in [4.78, 5) is 28.0. The summed E-state index contributed by atoms with van der Waals surface area (Å²) in [7, 11) is 0. The molecule has 7 heteroatoms. The first kappa shape index (κ1) is 25.8. The minimum Gasteiger partial charge on any atom is -0.394 e. The van der Waals surface area contributed by atoms with Gasteiger partial charge in [-0.15, -0.1) is 0 Å². The molecular formula is C26H39NO6. The molecule has 2 aliphatic rings. The van der Waals surface area contributed by atoms with Crippen molar-refractivity contribution in [2.24, 2.45) is 11.3 Å². The molecule has 184 valence electrons. The largest absolute Gasteiger partial charge is 0.394 e. The average molecular weight is 462 g/mol. The van der Waals surface area contributed by atoms with Gasteiger partial charge in [0.2, 0.25) is 0 Å². The van der Waals surface area contributed by atoms with Gasteiger partial charge in [0.1, 0.15) is 6.04 Å². The predicted molar refractivity (Wildman–Crippen MR) is 125 cm³/mol. The number of hydrogen-bond donors (Lipinski definition) is 2.